The number of likely N-dealkylation sites (N-methyl/N-ethyl adjacent to an activating group) is 1. The zero-order valence-corrected chi connectivity index (χ0v) is 13.3. The van der Waals surface area contributed by atoms with Gasteiger partial charge in [0.2, 0.25) is 0 Å². The molecule has 21 heavy (non-hydrogen) atoms. The second-order valence-electron chi connectivity index (χ2n) is 6.83. The van der Waals surface area contributed by atoms with Gasteiger partial charge in [-0.2, -0.15) is 0 Å². The van der Waals surface area contributed by atoms with Crippen LogP contribution in [0.5, 0.6) is 0 Å². The fourth-order valence-electron chi connectivity index (χ4n) is 3.27. The Morgan fingerprint density at radius 3 is 2.86 bits per heavy atom. The van der Waals surface area contributed by atoms with Crippen LogP contribution in [0.1, 0.15) is 36.2 Å². The Balaban J connectivity index is 1.86. The van der Waals surface area contributed by atoms with Crippen LogP contribution in [0.25, 0.3) is 0 Å². The molecular formula is C17H25N3O. The van der Waals surface area contributed by atoms with Crippen molar-refractivity contribution in [3.8, 4) is 0 Å². The van der Waals surface area contributed by atoms with E-state index >= 15 is 0 Å². The molecule has 2 aliphatic heterocycles. The summed E-state index contributed by atoms with van der Waals surface area (Å²) in [6, 6.07) is 6.11. The van der Waals surface area contributed by atoms with Crippen LogP contribution in [0, 0.1) is 0 Å². The van der Waals surface area contributed by atoms with E-state index in [0.717, 1.165) is 50.3 Å². The summed E-state index contributed by atoms with van der Waals surface area (Å²) < 4.78 is 0. The van der Waals surface area contributed by atoms with Crippen LogP contribution < -0.4 is 5.32 Å². The Morgan fingerprint density at radius 1 is 1.29 bits per heavy atom. The molecule has 0 unspecified atom stereocenters. The number of carbonyl (C=O) groups is 1. The van der Waals surface area contributed by atoms with Crippen LogP contribution in [0.2, 0.25) is 0 Å². The highest BCUT2D eigenvalue weighted by molar-refractivity contribution is 6.00. The molecule has 0 saturated carbocycles. The second kappa shape index (κ2) is 5.34. The molecule has 1 saturated heterocycles. The number of aryl methyl sites for hydroxylation is 1. The maximum absolute atomic E-state index is 12.9. The first-order chi connectivity index (χ1) is 9.99. The number of rotatable bonds is 1. The molecule has 1 aromatic carbocycles. The van der Waals surface area contributed by atoms with Crippen LogP contribution in [0.3, 0.4) is 0 Å². The van der Waals surface area contributed by atoms with E-state index in [9.17, 15) is 4.79 Å². The van der Waals surface area contributed by atoms with Crippen molar-refractivity contribution in [2.75, 3.05) is 38.5 Å². The molecule has 2 aliphatic rings. The van der Waals surface area contributed by atoms with Gasteiger partial charge >= 0.3 is 0 Å². The van der Waals surface area contributed by atoms with Gasteiger partial charge in [-0.15, -0.1) is 0 Å². The van der Waals surface area contributed by atoms with Crippen molar-refractivity contribution in [3.05, 3.63) is 29.3 Å². The molecule has 0 atom stereocenters. The van der Waals surface area contributed by atoms with Gasteiger partial charge in [-0.1, -0.05) is 12.1 Å². The maximum atomic E-state index is 12.9. The Labute approximate surface area is 127 Å². The molecule has 0 radical (unpaired) electrons. The van der Waals surface area contributed by atoms with E-state index in [0.29, 0.717) is 0 Å². The SMILES string of the molecule is CN1CCN(C(=O)c2cccc3c2NCCC3)CC1(C)C. The third-order valence-electron chi connectivity index (χ3n) is 4.91. The van der Waals surface area contributed by atoms with E-state index < -0.39 is 0 Å². The first-order valence-corrected chi connectivity index (χ1v) is 7.85. The van der Waals surface area contributed by atoms with Crippen LogP contribution in [0.15, 0.2) is 18.2 Å². The maximum Gasteiger partial charge on any atom is 0.256 e. The number of hydrogen-bond donors (Lipinski definition) is 1. The van der Waals surface area contributed by atoms with Crippen molar-refractivity contribution in [3.63, 3.8) is 0 Å². The van der Waals surface area contributed by atoms with Crippen molar-refractivity contribution in [1.82, 2.24) is 9.80 Å². The quantitative estimate of drug-likeness (QED) is 0.860. The molecule has 4 nitrogen and oxygen atoms in total. The number of piperazine rings is 1. The van der Waals surface area contributed by atoms with Gasteiger partial charge in [-0.3, -0.25) is 9.69 Å². The molecule has 3 rings (SSSR count). The van der Waals surface area contributed by atoms with Crippen LogP contribution in [-0.4, -0.2) is 54.5 Å². The molecular weight excluding hydrogens is 262 g/mol. The molecule has 1 fully saturated rings. The Kier molecular flexibility index (Phi) is 3.66. The van der Waals surface area contributed by atoms with Gasteiger partial charge in [-0.25, -0.2) is 0 Å². The predicted molar refractivity (Wildman–Crippen MR) is 85.9 cm³/mol. The normalized spacial score (nSPS) is 21.6. The van der Waals surface area contributed by atoms with Gasteiger partial charge in [0.25, 0.3) is 5.91 Å². The van der Waals surface area contributed by atoms with E-state index in [1.807, 2.05) is 17.0 Å². The zero-order chi connectivity index (χ0) is 15.0. The number of anilines is 1. The Hall–Kier alpha value is -1.55. The lowest BCUT2D eigenvalue weighted by atomic mass is 9.96. The van der Waals surface area contributed by atoms with Crippen LogP contribution in [0.4, 0.5) is 5.69 Å². The molecule has 2 heterocycles. The van der Waals surface area contributed by atoms with Crippen LogP contribution >= 0.6 is 0 Å². The van der Waals surface area contributed by atoms with Gasteiger partial charge in [0.1, 0.15) is 0 Å². The van der Waals surface area contributed by atoms with Gasteiger partial charge in [-0.05, 0) is 45.4 Å². The van der Waals surface area contributed by atoms with E-state index in [2.05, 4.69) is 37.2 Å². The number of amides is 1. The van der Waals surface area contributed by atoms with Crippen molar-refractivity contribution in [1.29, 1.82) is 0 Å². The third kappa shape index (κ3) is 2.64. The molecule has 0 bridgehead atoms. The molecule has 0 aromatic heterocycles. The standard InChI is InChI=1S/C17H25N3O/c1-17(2)12-20(11-10-19(17)3)16(21)14-8-4-6-13-7-5-9-18-15(13)14/h4,6,8,18H,5,7,9-12H2,1-3H3. The number of nitrogens with one attached hydrogen (secondary N) is 1. The number of fused-ring (bicyclic) bond motifs is 1. The predicted octanol–water partition coefficient (Wildman–Crippen LogP) is 2.21. The minimum Gasteiger partial charge on any atom is -0.384 e. The monoisotopic (exact) mass is 287 g/mol. The minimum absolute atomic E-state index is 0.0379. The molecule has 1 aromatic rings. The van der Waals surface area contributed by atoms with Gasteiger partial charge in [0, 0.05) is 31.7 Å². The van der Waals surface area contributed by atoms with E-state index in [-0.39, 0.29) is 11.4 Å². The van der Waals surface area contributed by atoms with Crippen molar-refractivity contribution >= 4 is 11.6 Å². The van der Waals surface area contributed by atoms with Crippen molar-refractivity contribution in [2.24, 2.45) is 0 Å². The van der Waals surface area contributed by atoms with Gasteiger partial charge < -0.3 is 10.2 Å². The highest BCUT2D eigenvalue weighted by atomic mass is 16.2. The molecule has 1 amide bonds. The lowest BCUT2D eigenvalue weighted by Gasteiger charge is -2.45. The number of benzene rings is 1. The Morgan fingerprint density at radius 2 is 2.10 bits per heavy atom. The van der Waals surface area contributed by atoms with E-state index in [1.165, 1.54) is 5.56 Å². The largest absolute Gasteiger partial charge is 0.384 e. The summed E-state index contributed by atoms with van der Waals surface area (Å²) in [5.41, 5.74) is 3.22. The van der Waals surface area contributed by atoms with Crippen LogP contribution in [-0.2, 0) is 6.42 Å². The van der Waals surface area contributed by atoms with Crippen molar-refractivity contribution in [2.45, 2.75) is 32.2 Å². The first-order valence-electron chi connectivity index (χ1n) is 7.85. The van der Waals surface area contributed by atoms with Gasteiger partial charge in [0.15, 0.2) is 0 Å². The smallest absolute Gasteiger partial charge is 0.256 e. The highest BCUT2D eigenvalue weighted by Crippen LogP contribution is 2.28. The minimum atomic E-state index is 0.0379. The van der Waals surface area contributed by atoms with E-state index in [4.69, 9.17) is 0 Å². The van der Waals surface area contributed by atoms with Gasteiger partial charge in [0.05, 0.1) is 11.3 Å². The molecule has 0 aliphatic carbocycles. The molecule has 114 valence electrons. The second-order valence-corrected chi connectivity index (χ2v) is 6.83. The average molecular weight is 287 g/mol. The van der Waals surface area contributed by atoms with E-state index in [1.54, 1.807) is 0 Å². The third-order valence-corrected chi connectivity index (χ3v) is 4.91. The highest BCUT2D eigenvalue weighted by Gasteiger charge is 2.34. The average Bonchev–Trinajstić information content (AvgIpc) is 2.48. The lowest BCUT2D eigenvalue weighted by molar-refractivity contribution is 0.0312. The summed E-state index contributed by atoms with van der Waals surface area (Å²) in [6.45, 7) is 7.89. The summed E-state index contributed by atoms with van der Waals surface area (Å²) in [6.07, 6.45) is 2.21. The first kappa shape index (κ1) is 14.4. The topological polar surface area (TPSA) is 35.6 Å². The lowest BCUT2D eigenvalue weighted by Crippen LogP contribution is -2.58. The summed E-state index contributed by atoms with van der Waals surface area (Å²) in [4.78, 5) is 17.3. The number of para-hydroxylation sites is 1. The number of hydrogen-bond acceptors (Lipinski definition) is 3. The Bertz CT molecular complexity index is 553. The summed E-state index contributed by atoms with van der Waals surface area (Å²) in [5, 5.41) is 3.42. The fraction of sp³-hybridized carbons (Fsp3) is 0.588. The molecule has 0 spiro atoms. The number of carbonyl (C=O) groups excluding carboxylic acids is 1. The van der Waals surface area contributed by atoms with Crippen molar-refractivity contribution < 1.29 is 4.79 Å². The number of nitrogens with zero attached hydrogens (tertiary/aromatic N) is 2. The summed E-state index contributed by atoms with van der Waals surface area (Å²) in [7, 11) is 2.13. The molecule has 1 N–H and O–H groups in total. The summed E-state index contributed by atoms with van der Waals surface area (Å²) in [5.74, 6) is 0.169. The zero-order valence-electron chi connectivity index (χ0n) is 13.3. The fourth-order valence-corrected chi connectivity index (χ4v) is 3.27. The molecule has 4 heteroatoms. The summed E-state index contributed by atoms with van der Waals surface area (Å²) >= 11 is 0.